The van der Waals surface area contributed by atoms with E-state index in [1.165, 1.54) is 5.56 Å². The molecule has 1 saturated heterocycles. The van der Waals surface area contributed by atoms with Gasteiger partial charge in [-0.15, -0.1) is 6.58 Å². The van der Waals surface area contributed by atoms with Crippen molar-refractivity contribution in [2.45, 2.75) is 90.2 Å². The molecule has 0 bridgehead atoms. The van der Waals surface area contributed by atoms with Crippen molar-refractivity contribution >= 4 is 5.97 Å². The molecule has 1 aliphatic rings. The molecule has 2 aromatic carbocycles. The van der Waals surface area contributed by atoms with Crippen molar-refractivity contribution in [1.29, 1.82) is 0 Å². The molecule has 0 aromatic heterocycles. The molecule has 2 aromatic rings. The molecule has 5 heteroatoms. The molecule has 0 radical (unpaired) electrons. The molecule has 1 aliphatic heterocycles. The first kappa shape index (κ1) is 26.1. The lowest BCUT2D eigenvalue weighted by atomic mass is 9.95. The number of benzene rings is 2. The molecule has 5 nitrogen and oxygen atoms in total. The van der Waals surface area contributed by atoms with E-state index in [4.69, 9.17) is 14.2 Å². The molecule has 0 spiro atoms. The molecule has 34 heavy (non-hydrogen) atoms. The molecule has 4 atom stereocenters. The maximum Gasteiger partial charge on any atom is 0.308 e. The second-order valence-corrected chi connectivity index (χ2v) is 10.4. The Bertz CT molecular complexity index is 936. The van der Waals surface area contributed by atoms with Gasteiger partial charge in [0.25, 0.3) is 0 Å². The molecular formula is C29H39NO4. The molecule has 0 amide bonds. The number of rotatable bonds is 9. The highest BCUT2D eigenvalue weighted by Gasteiger charge is 2.47. The molecule has 1 unspecified atom stereocenters. The summed E-state index contributed by atoms with van der Waals surface area (Å²) in [5, 5.41) is 0. The number of hydrogen-bond acceptors (Lipinski definition) is 5. The SMILES string of the molecule is C=C[C@H]1OC(C)(C)O[C@H]1C(CC(=O)OC(C)(C)C)N(Cc1ccccc1)[C@H](C)c1ccccc1. The Kier molecular flexibility index (Phi) is 8.34. The van der Waals surface area contributed by atoms with Gasteiger partial charge in [-0.3, -0.25) is 9.69 Å². The van der Waals surface area contributed by atoms with Crippen LogP contribution in [0.15, 0.2) is 73.3 Å². The van der Waals surface area contributed by atoms with Gasteiger partial charge in [-0.1, -0.05) is 66.7 Å². The molecular weight excluding hydrogens is 426 g/mol. The van der Waals surface area contributed by atoms with Crippen LogP contribution in [0, 0.1) is 0 Å². The first-order chi connectivity index (χ1) is 16.0. The third-order valence-corrected chi connectivity index (χ3v) is 5.98. The molecule has 0 aliphatic carbocycles. The van der Waals surface area contributed by atoms with Crippen LogP contribution in [0.4, 0.5) is 0 Å². The lowest BCUT2D eigenvalue weighted by Gasteiger charge is -2.40. The average Bonchev–Trinajstić information content (AvgIpc) is 3.10. The molecule has 0 saturated carbocycles. The summed E-state index contributed by atoms with van der Waals surface area (Å²) in [6, 6.07) is 20.4. The van der Waals surface area contributed by atoms with E-state index in [-0.39, 0.29) is 36.7 Å². The second kappa shape index (κ2) is 10.9. The molecule has 1 fully saturated rings. The quantitative estimate of drug-likeness (QED) is 0.333. The fourth-order valence-corrected chi connectivity index (χ4v) is 4.53. The van der Waals surface area contributed by atoms with Crippen molar-refractivity contribution in [2.24, 2.45) is 0 Å². The summed E-state index contributed by atoms with van der Waals surface area (Å²) in [6.45, 7) is 16.3. The Labute approximate surface area is 204 Å². The lowest BCUT2D eigenvalue weighted by Crippen LogP contribution is -2.49. The molecule has 0 N–H and O–H groups in total. The van der Waals surface area contributed by atoms with E-state index in [1.54, 1.807) is 6.08 Å². The number of nitrogens with zero attached hydrogens (tertiary/aromatic N) is 1. The van der Waals surface area contributed by atoms with Gasteiger partial charge < -0.3 is 14.2 Å². The molecule has 184 valence electrons. The van der Waals surface area contributed by atoms with Crippen LogP contribution in [0.25, 0.3) is 0 Å². The van der Waals surface area contributed by atoms with Gasteiger partial charge >= 0.3 is 5.97 Å². The first-order valence-corrected chi connectivity index (χ1v) is 12.0. The largest absolute Gasteiger partial charge is 0.460 e. The lowest BCUT2D eigenvalue weighted by molar-refractivity contribution is -0.164. The van der Waals surface area contributed by atoms with Gasteiger partial charge in [0.05, 0.1) is 12.5 Å². The highest BCUT2D eigenvalue weighted by molar-refractivity contribution is 5.70. The van der Waals surface area contributed by atoms with Crippen molar-refractivity contribution in [1.82, 2.24) is 4.90 Å². The van der Waals surface area contributed by atoms with Crippen LogP contribution < -0.4 is 0 Å². The average molecular weight is 466 g/mol. The van der Waals surface area contributed by atoms with Crippen LogP contribution in [0.3, 0.4) is 0 Å². The summed E-state index contributed by atoms with van der Waals surface area (Å²) in [4.78, 5) is 15.5. The topological polar surface area (TPSA) is 48.0 Å². The van der Waals surface area contributed by atoms with Crippen molar-refractivity contribution in [2.75, 3.05) is 0 Å². The maximum absolute atomic E-state index is 13.1. The highest BCUT2D eigenvalue weighted by atomic mass is 16.8. The first-order valence-electron chi connectivity index (χ1n) is 12.0. The summed E-state index contributed by atoms with van der Waals surface area (Å²) in [5.74, 6) is -1.03. The Hall–Kier alpha value is -2.47. The smallest absolute Gasteiger partial charge is 0.308 e. The summed E-state index contributed by atoms with van der Waals surface area (Å²) in [5.41, 5.74) is 1.76. The minimum atomic E-state index is -0.774. The van der Waals surface area contributed by atoms with Crippen LogP contribution in [0.1, 0.15) is 65.1 Å². The van der Waals surface area contributed by atoms with E-state index < -0.39 is 11.4 Å². The van der Waals surface area contributed by atoms with E-state index in [9.17, 15) is 4.79 Å². The fourth-order valence-electron chi connectivity index (χ4n) is 4.53. The van der Waals surface area contributed by atoms with Crippen LogP contribution >= 0.6 is 0 Å². The Balaban J connectivity index is 2.03. The number of ether oxygens (including phenoxy) is 3. The van der Waals surface area contributed by atoms with Crippen LogP contribution in [0.2, 0.25) is 0 Å². The van der Waals surface area contributed by atoms with Crippen LogP contribution in [-0.4, -0.2) is 40.5 Å². The third-order valence-electron chi connectivity index (χ3n) is 5.98. The van der Waals surface area contributed by atoms with Gasteiger partial charge in [-0.25, -0.2) is 0 Å². The zero-order valence-corrected chi connectivity index (χ0v) is 21.4. The van der Waals surface area contributed by atoms with Crippen molar-refractivity contribution in [3.63, 3.8) is 0 Å². The van der Waals surface area contributed by atoms with E-state index in [0.29, 0.717) is 6.54 Å². The summed E-state index contributed by atoms with van der Waals surface area (Å²) in [7, 11) is 0. The summed E-state index contributed by atoms with van der Waals surface area (Å²) in [6.07, 6.45) is 1.23. The summed E-state index contributed by atoms with van der Waals surface area (Å²) < 4.78 is 18.3. The maximum atomic E-state index is 13.1. The zero-order chi connectivity index (χ0) is 24.9. The summed E-state index contributed by atoms with van der Waals surface area (Å²) >= 11 is 0. The monoisotopic (exact) mass is 465 g/mol. The second-order valence-electron chi connectivity index (χ2n) is 10.4. The van der Waals surface area contributed by atoms with Gasteiger partial charge in [-0.05, 0) is 52.7 Å². The zero-order valence-electron chi connectivity index (χ0n) is 21.4. The normalized spacial score (nSPS) is 21.7. The van der Waals surface area contributed by atoms with E-state index in [0.717, 1.165) is 5.56 Å². The Morgan fingerprint density at radius 2 is 1.68 bits per heavy atom. The van der Waals surface area contributed by atoms with Crippen molar-refractivity contribution < 1.29 is 19.0 Å². The predicted octanol–water partition coefficient (Wildman–Crippen LogP) is 6.06. The molecule has 3 rings (SSSR count). The number of carbonyl (C=O) groups excluding carboxylic acids is 1. The van der Waals surface area contributed by atoms with Gasteiger partial charge in [0, 0.05) is 12.6 Å². The van der Waals surface area contributed by atoms with Gasteiger partial charge in [0.1, 0.15) is 17.8 Å². The number of esters is 1. The number of hydrogen-bond donors (Lipinski definition) is 0. The van der Waals surface area contributed by atoms with Gasteiger partial charge in [0.15, 0.2) is 5.79 Å². The van der Waals surface area contributed by atoms with E-state index in [2.05, 4.69) is 42.7 Å². The highest BCUT2D eigenvalue weighted by Crippen LogP contribution is 2.37. The Morgan fingerprint density at radius 1 is 1.09 bits per heavy atom. The minimum Gasteiger partial charge on any atom is -0.460 e. The Morgan fingerprint density at radius 3 is 2.24 bits per heavy atom. The van der Waals surface area contributed by atoms with Gasteiger partial charge in [0.2, 0.25) is 0 Å². The molecule has 1 heterocycles. The van der Waals surface area contributed by atoms with E-state index >= 15 is 0 Å². The van der Waals surface area contributed by atoms with Crippen molar-refractivity contribution in [3.05, 3.63) is 84.4 Å². The minimum absolute atomic E-state index is 0.0200. The van der Waals surface area contributed by atoms with E-state index in [1.807, 2.05) is 71.0 Å². The van der Waals surface area contributed by atoms with Crippen molar-refractivity contribution in [3.8, 4) is 0 Å². The van der Waals surface area contributed by atoms with Crippen LogP contribution in [0.5, 0.6) is 0 Å². The predicted molar refractivity (Wildman–Crippen MR) is 135 cm³/mol. The number of carbonyl (C=O) groups is 1. The fraction of sp³-hybridized carbons (Fsp3) is 0.483. The standard InChI is InChI=1S/C29H39NO4/c1-8-25-27(34-29(6,7)32-25)24(19-26(31)33-28(3,4)5)30(20-22-15-11-9-12-16-22)21(2)23-17-13-10-14-18-23/h8-18,21,24-25,27H,1,19-20H2,2-7H3/t21-,24?,25-,27+/m1/s1. The van der Waals surface area contributed by atoms with Crippen LogP contribution in [-0.2, 0) is 25.5 Å². The third kappa shape index (κ3) is 7.02. The van der Waals surface area contributed by atoms with Gasteiger partial charge in [-0.2, -0.15) is 0 Å².